The van der Waals surface area contributed by atoms with Crippen LogP contribution in [0.5, 0.6) is 5.75 Å². The van der Waals surface area contributed by atoms with Crippen LogP contribution in [0.1, 0.15) is 22.8 Å². The van der Waals surface area contributed by atoms with Crippen molar-refractivity contribution < 1.29 is 23.8 Å². The van der Waals surface area contributed by atoms with Crippen LogP contribution < -0.4 is 4.74 Å². The molecule has 0 aliphatic heterocycles. The minimum atomic E-state index is -1.03. The van der Waals surface area contributed by atoms with E-state index >= 15 is 0 Å². The quantitative estimate of drug-likeness (QED) is 0.304. The zero-order valence-electron chi connectivity index (χ0n) is 15.7. The third-order valence-electron chi connectivity index (χ3n) is 4.20. The van der Waals surface area contributed by atoms with Crippen molar-refractivity contribution in [2.24, 2.45) is 0 Å². The molecule has 148 valence electrons. The number of hydrogen-bond donors (Lipinski definition) is 1. The lowest BCUT2D eigenvalue weighted by Gasteiger charge is -2.10. The number of ether oxygens (including phenoxy) is 1. The highest BCUT2D eigenvalue weighted by Crippen LogP contribution is 2.30. The van der Waals surface area contributed by atoms with Crippen LogP contribution >= 0.6 is 11.8 Å². The third kappa shape index (κ3) is 5.03. The Morgan fingerprint density at radius 3 is 2.66 bits per heavy atom. The fourth-order valence-electron chi connectivity index (χ4n) is 2.89. The molecule has 3 aromatic rings. The number of thioether (sulfide) groups is 1. The number of hydrogen-bond acceptors (Lipinski definition) is 4. The van der Waals surface area contributed by atoms with Crippen molar-refractivity contribution in [2.45, 2.75) is 11.8 Å². The van der Waals surface area contributed by atoms with Crippen molar-refractivity contribution in [3.63, 3.8) is 0 Å². The zero-order valence-corrected chi connectivity index (χ0v) is 16.5. The number of fused-ring (bicyclic) bond motifs is 1. The van der Waals surface area contributed by atoms with E-state index in [1.165, 1.54) is 18.2 Å². The molecular weight excluding hydrogens is 391 g/mol. The van der Waals surface area contributed by atoms with Crippen LogP contribution in [0, 0.1) is 5.82 Å². The monoisotopic (exact) mass is 410 g/mol. The maximum absolute atomic E-state index is 14.2. The number of ketones is 1. The van der Waals surface area contributed by atoms with Gasteiger partial charge in [0.15, 0.2) is 5.78 Å². The highest BCUT2D eigenvalue weighted by atomic mass is 32.2. The van der Waals surface area contributed by atoms with E-state index in [1.54, 1.807) is 6.08 Å². The van der Waals surface area contributed by atoms with Gasteiger partial charge in [0.25, 0.3) is 0 Å². The van der Waals surface area contributed by atoms with Crippen molar-refractivity contribution in [3.8, 4) is 5.75 Å². The molecule has 0 saturated carbocycles. The number of benzene rings is 3. The molecule has 0 unspecified atom stereocenters. The lowest BCUT2D eigenvalue weighted by molar-refractivity contribution is -0.133. The fraction of sp³-hybridized carbons (Fsp3) is 0.130. The lowest BCUT2D eigenvalue weighted by Crippen LogP contribution is -2.00. The number of rotatable bonds is 8. The number of carboxylic acids is 1. The molecule has 29 heavy (non-hydrogen) atoms. The average Bonchev–Trinajstić information content (AvgIpc) is 2.71. The topological polar surface area (TPSA) is 63.6 Å². The average molecular weight is 410 g/mol. The van der Waals surface area contributed by atoms with E-state index in [0.717, 1.165) is 34.2 Å². The van der Waals surface area contributed by atoms with Crippen LogP contribution in [-0.4, -0.2) is 29.2 Å². The van der Waals surface area contributed by atoms with E-state index in [-0.39, 0.29) is 22.0 Å². The molecule has 0 aliphatic carbocycles. The summed E-state index contributed by atoms with van der Waals surface area (Å²) in [6.45, 7) is 2.38. The summed E-state index contributed by atoms with van der Waals surface area (Å²) in [5, 5.41) is 10.7. The predicted octanol–water partition coefficient (Wildman–Crippen LogP) is 5.45. The van der Waals surface area contributed by atoms with Crippen LogP contribution in [0.4, 0.5) is 4.39 Å². The third-order valence-corrected chi connectivity index (χ3v) is 5.23. The van der Waals surface area contributed by atoms with E-state index in [9.17, 15) is 14.0 Å². The summed E-state index contributed by atoms with van der Waals surface area (Å²) in [4.78, 5) is 23.4. The molecule has 0 radical (unpaired) electrons. The van der Waals surface area contributed by atoms with Gasteiger partial charge >= 0.3 is 5.97 Å². The van der Waals surface area contributed by atoms with Gasteiger partial charge < -0.3 is 9.84 Å². The van der Waals surface area contributed by atoms with Gasteiger partial charge in [0, 0.05) is 16.0 Å². The number of carboxylic acid groups (broad SMARTS) is 1. The van der Waals surface area contributed by atoms with Crippen LogP contribution in [0.3, 0.4) is 0 Å². The first kappa shape index (κ1) is 20.6. The summed E-state index contributed by atoms with van der Waals surface area (Å²) < 4.78 is 19.9. The van der Waals surface area contributed by atoms with E-state index in [4.69, 9.17) is 9.84 Å². The number of aliphatic carboxylic acids is 1. The molecule has 0 amide bonds. The molecule has 4 nitrogen and oxygen atoms in total. The van der Waals surface area contributed by atoms with Crippen molar-refractivity contribution in [1.29, 1.82) is 0 Å². The largest absolute Gasteiger partial charge is 0.493 e. The molecule has 0 bridgehead atoms. The van der Waals surface area contributed by atoms with Gasteiger partial charge in [-0.05, 0) is 54.1 Å². The Labute approximate surface area is 172 Å². The molecule has 0 spiro atoms. The Hall–Kier alpha value is -3.12. The van der Waals surface area contributed by atoms with Crippen LogP contribution in [0.25, 0.3) is 16.8 Å². The van der Waals surface area contributed by atoms with E-state index in [1.807, 2.05) is 43.3 Å². The standard InChI is InChI=1S/C23H19FO4S/c1-2-28-21-11-7-15-5-3-4-6-17(15)18(21)9-10-20(25)16-8-12-22(19(24)13-16)29-14-23(26)27/h3-13H,2,14H2,1H3,(H,26,27)/b10-9+. The van der Waals surface area contributed by atoms with Gasteiger partial charge in [-0.2, -0.15) is 0 Å². The van der Waals surface area contributed by atoms with Crippen LogP contribution in [-0.2, 0) is 4.79 Å². The molecule has 3 rings (SSSR count). The molecule has 0 fully saturated rings. The summed E-state index contributed by atoms with van der Waals surface area (Å²) in [6.07, 6.45) is 3.07. The SMILES string of the molecule is CCOc1ccc2ccccc2c1/C=C/C(=O)c1ccc(SCC(=O)O)c(F)c1. The van der Waals surface area contributed by atoms with Crippen molar-refractivity contribution in [2.75, 3.05) is 12.4 Å². The first-order valence-corrected chi connectivity index (χ1v) is 9.99. The molecule has 0 aromatic heterocycles. The Balaban J connectivity index is 1.88. The summed E-state index contributed by atoms with van der Waals surface area (Å²) in [5.41, 5.74) is 0.976. The van der Waals surface area contributed by atoms with Gasteiger partial charge in [-0.25, -0.2) is 4.39 Å². The molecule has 0 heterocycles. The lowest BCUT2D eigenvalue weighted by atomic mass is 10.0. The van der Waals surface area contributed by atoms with Gasteiger partial charge in [-0.3, -0.25) is 9.59 Å². The normalized spacial score (nSPS) is 11.1. The van der Waals surface area contributed by atoms with Gasteiger partial charge in [0.05, 0.1) is 12.4 Å². The maximum Gasteiger partial charge on any atom is 0.313 e. The van der Waals surface area contributed by atoms with E-state index < -0.39 is 11.8 Å². The Bertz CT molecular complexity index is 1090. The molecule has 0 aliphatic rings. The molecule has 6 heteroatoms. The van der Waals surface area contributed by atoms with E-state index in [0.29, 0.717) is 12.4 Å². The Kier molecular flexibility index (Phi) is 6.67. The number of allylic oxidation sites excluding steroid dienone is 1. The Morgan fingerprint density at radius 2 is 1.93 bits per heavy atom. The number of carbonyl (C=O) groups excluding carboxylic acids is 1. The van der Waals surface area contributed by atoms with Gasteiger partial charge in [-0.15, -0.1) is 11.8 Å². The van der Waals surface area contributed by atoms with Crippen molar-refractivity contribution in [3.05, 3.63) is 77.6 Å². The minimum Gasteiger partial charge on any atom is -0.493 e. The molecular formula is C23H19FO4S. The number of halogens is 1. The minimum absolute atomic E-state index is 0.191. The summed E-state index contributed by atoms with van der Waals surface area (Å²) in [7, 11) is 0. The van der Waals surface area contributed by atoms with Crippen LogP contribution in [0.2, 0.25) is 0 Å². The summed E-state index contributed by atoms with van der Waals surface area (Å²) in [6, 6.07) is 15.7. The molecule has 0 saturated heterocycles. The molecule has 0 atom stereocenters. The second-order valence-corrected chi connectivity index (χ2v) is 7.17. The molecule has 3 aromatic carbocycles. The fourth-order valence-corrected chi connectivity index (χ4v) is 3.53. The zero-order chi connectivity index (χ0) is 20.8. The second-order valence-electron chi connectivity index (χ2n) is 6.16. The van der Waals surface area contributed by atoms with E-state index in [2.05, 4.69) is 0 Å². The van der Waals surface area contributed by atoms with Crippen molar-refractivity contribution >= 4 is 40.4 Å². The Morgan fingerprint density at radius 1 is 1.14 bits per heavy atom. The van der Waals surface area contributed by atoms with Crippen molar-refractivity contribution in [1.82, 2.24) is 0 Å². The van der Waals surface area contributed by atoms with Crippen LogP contribution in [0.15, 0.2) is 65.6 Å². The van der Waals surface area contributed by atoms with Gasteiger partial charge in [0.1, 0.15) is 11.6 Å². The highest BCUT2D eigenvalue weighted by Gasteiger charge is 2.11. The maximum atomic E-state index is 14.2. The first-order chi connectivity index (χ1) is 14.0. The summed E-state index contributed by atoms with van der Waals surface area (Å²) >= 11 is 0.874. The smallest absolute Gasteiger partial charge is 0.313 e. The second kappa shape index (κ2) is 9.39. The molecule has 1 N–H and O–H groups in total. The van der Waals surface area contributed by atoms with Gasteiger partial charge in [-0.1, -0.05) is 30.3 Å². The van der Waals surface area contributed by atoms with Gasteiger partial charge in [0.2, 0.25) is 0 Å². The summed E-state index contributed by atoms with van der Waals surface area (Å²) in [5.74, 6) is -1.57. The number of carbonyl (C=O) groups is 2. The predicted molar refractivity (Wildman–Crippen MR) is 113 cm³/mol. The highest BCUT2D eigenvalue weighted by molar-refractivity contribution is 8.00. The first-order valence-electron chi connectivity index (χ1n) is 9.00.